The number of nitrogens with one attached hydrogen (secondary N) is 2. The van der Waals surface area contributed by atoms with Crippen LogP contribution in [-0.4, -0.2) is 23.4 Å². The van der Waals surface area contributed by atoms with Crippen LogP contribution in [0.2, 0.25) is 0 Å². The number of rotatable bonds is 4. The quantitative estimate of drug-likeness (QED) is 0.740. The minimum atomic E-state index is -0.0778. The molecule has 0 spiro atoms. The molecule has 0 unspecified atom stereocenters. The van der Waals surface area contributed by atoms with E-state index in [1.165, 1.54) is 42.5 Å². The minimum absolute atomic E-state index is 0.0778. The molecular formula is C22H27N3O2S. The Hall–Kier alpha value is -2.34. The molecule has 2 N–H and O–H groups in total. The Balaban J connectivity index is 1.27. The molecule has 2 heterocycles. The van der Waals surface area contributed by atoms with Crippen LogP contribution < -0.4 is 10.6 Å². The number of carbonyl (C=O) groups excluding carboxylic acids is 2. The van der Waals surface area contributed by atoms with E-state index in [1.807, 2.05) is 29.2 Å². The zero-order valence-corrected chi connectivity index (χ0v) is 16.9. The van der Waals surface area contributed by atoms with Crippen LogP contribution in [0.1, 0.15) is 49.0 Å². The second kappa shape index (κ2) is 8.78. The maximum Gasteiger partial charge on any atom is 0.322 e. The van der Waals surface area contributed by atoms with Gasteiger partial charge in [-0.05, 0) is 66.5 Å². The average molecular weight is 398 g/mol. The molecule has 4 rings (SSSR count). The fourth-order valence-corrected chi connectivity index (χ4v) is 5.02. The van der Waals surface area contributed by atoms with Crippen molar-refractivity contribution in [2.75, 3.05) is 17.2 Å². The number of carbonyl (C=O) groups is 2. The van der Waals surface area contributed by atoms with Gasteiger partial charge in [-0.2, -0.15) is 0 Å². The van der Waals surface area contributed by atoms with E-state index < -0.39 is 0 Å². The summed E-state index contributed by atoms with van der Waals surface area (Å²) in [6.07, 6.45) is 7.67. The zero-order valence-electron chi connectivity index (χ0n) is 16.1. The molecule has 28 heavy (non-hydrogen) atoms. The van der Waals surface area contributed by atoms with Gasteiger partial charge in [-0.3, -0.25) is 4.79 Å². The summed E-state index contributed by atoms with van der Waals surface area (Å²) in [4.78, 5) is 28.0. The van der Waals surface area contributed by atoms with Crippen molar-refractivity contribution in [1.82, 2.24) is 4.90 Å². The van der Waals surface area contributed by atoms with Crippen molar-refractivity contribution < 1.29 is 9.59 Å². The predicted molar refractivity (Wildman–Crippen MR) is 114 cm³/mol. The van der Waals surface area contributed by atoms with E-state index in [9.17, 15) is 9.59 Å². The molecule has 0 saturated heterocycles. The van der Waals surface area contributed by atoms with Gasteiger partial charge in [-0.25, -0.2) is 4.79 Å². The van der Waals surface area contributed by atoms with Crippen LogP contribution in [0.5, 0.6) is 0 Å². The maximum absolute atomic E-state index is 12.5. The molecule has 5 nitrogen and oxygen atoms in total. The Labute approximate surface area is 170 Å². The summed E-state index contributed by atoms with van der Waals surface area (Å²) < 4.78 is 0. The van der Waals surface area contributed by atoms with Gasteiger partial charge in [0.05, 0.1) is 0 Å². The van der Waals surface area contributed by atoms with Crippen LogP contribution in [-0.2, 0) is 17.8 Å². The summed E-state index contributed by atoms with van der Waals surface area (Å²) in [5, 5.41) is 8.03. The smallest absolute Gasteiger partial charge is 0.322 e. The third kappa shape index (κ3) is 4.73. The molecule has 0 atom stereocenters. The van der Waals surface area contributed by atoms with Crippen LogP contribution in [0.15, 0.2) is 35.7 Å². The van der Waals surface area contributed by atoms with Gasteiger partial charge in [0.2, 0.25) is 5.91 Å². The molecule has 3 amide bonds. The van der Waals surface area contributed by atoms with Crippen molar-refractivity contribution in [2.24, 2.45) is 5.92 Å². The molecule has 0 radical (unpaired) electrons. The largest absolute Gasteiger partial charge is 0.326 e. The van der Waals surface area contributed by atoms with Crippen LogP contribution in [0.3, 0.4) is 0 Å². The first-order valence-electron chi connectivity index (χ1n) is 10.2. The highest BCUT2D eigenvalue weighted by molar-refractivity contribution is 7.10. The molecule has 1 saturated carbocycles. The monoisotopic (exact) mass is 397 g/mol. The molecule has 1 aromatic carbocycles. The number of nitrogens with zero attached hydrogens (tertiary/aromatic N) is 1. The summed E-state index contributed by atoms with van der Waals surface area (Å²) in [5.74, 6) is 0.615. The normalized spacial score (nSPS) is 17.1. The first-order valence-corrected chi connectivity index (χ1v) is 11.1. The third-order valence-corrected chi connectivity index (χ3v) is 6.74. The Bertz CT molecular complexity index is 825. The highest BCUT2D eigenvalue weighted by atomic mass is 32.1. The number of hydrogen-bond donors (Lipinski definition) is 2. The standard InChI is InChI=1S/C22H27N3O2S/c26-21(14-16-4-2-1-3-5-16)23-18-6-8-19(9-7-18)24-22(27)25-12-10-20-17(15-25)11-13-28-20/h6-9,11,13,16H,1-5,10,12,14-15H2,(H,23,26)(H,24,27). The lowest BCUT2D eigenvalue weighted by Crippen LogP contribution is -2.38. The van der Waals surface area contributed by atoms with Gasteiger partial charge < -0.3 is 15.5 Å². The molecule has 0 bridgehead atoms. The second-order valence-electron chi connectivity index (χ2n) is 7.80. The van der Waals surface area contributed by atoms with Crippen molar-refractivity contribution in [1.29, 1.82) is 0 Å². The summed E-state index contributed by atoms with van der Waals surface area (Å²) in [7, 11) is 0. The van der Waals surface area contributed by atoms with Crippen molar-refractivity contribution >= 4 is 34.6 Å². The molecule has 1 fully saturated rings. The summed E-state index contributed by atoms with van der Waals surface area (Å²) in [6, 6.07) is 9.40. The number of benzene rings is 1. The number of anilines is 2. The number of hydrogen-bond acceptors (Lipinski definition) is 3. The molecule has 2 aliphatic rings. The lowest BCUT2D eigenvalue weighted by molar-refractivity contribution is -0.117. The SMILES string of the molecule is O=C(CC1CCCCC1)Nc1ccc(NC(=O)N2CCc3sccc3C2)cc1. The van der Waals surface area contributed by atoms with E-state index >= 15 is 0 Å². The molecule has 6 heteroatoms. The molecule has 148 valence electrons. The van der Waals surface area contributed by atoms with Crippen LogP contribution in [0.25, 0.3) is 0 Å². The molecule has 1 aromatic heterocycles. The first-order chi connectivity index (χ1) is 13.7. The van der Waals surface area contributed by atoms with Gasteiger partial charge in [0.1, 0.15) is 0 Å². The second-order valence-corrected chi connectivity index (χ2v) is 8.81. The molecular weight excluding hydrogens is 370 g/mol. The average Bonchev–Trinajstić information content (AvgIpc) is 3.18. The van der Waals surface area contributed by atoms with E-state index in [1.54, 1.807) is 11.3 Å². The summed E-state index contributed by atoms with van der Waals surface area (Å²) in [5.41, 5.74) is 2.77. The van der Waals surface area contributed by atoms with Gasteiger partial charge in [-0.15, -0.1) is 11.3 Å². The first kappa shape index (κ1) is 19.0. The molecule has 1 aliphatic carbocycles. The highest BCUT2D eigenvalue weighted by Crippen LogP contribution is 2.27. The number of amides is 3. The number of fused-ring (bicyclic) bond motifs is 1. The number of thiophene rings is 1. The van der Waals surface area contributed by atoms with E-state index in [4.69, 9.17) is 0 Å². The van der Waals surface area contributed by atoms with Gasteiger partial charge in [-0.1, -0.05) is 19.3 Å². The van der Waals surface area contributed by atoms with E-state index in [2.05, 4.69) is 22.1 Å². The zero-order chi connectivity index (χ0) is 19.3. The van der Waals surface area contributed by atoms with Gasteiger partial charge in [0.15, 0.2) is 0 Å². The highest BCUT2D eigenvalue weighted by Gasteiger charge is 2.21. The van der Waals surface area contributed by atoms with Crippen molar-refractivity contribution in [3.05, 3.63) is 46.2 Å². The Kier molecular flexibility index (Phi) is 5.95. The van der Waals surface area contributed by atoms with Crippen LogP contribution >= 0.6 is 11.3 Å². The third-order valence-electron chi connectivity index (χ3n) is 5.71. The number of urea groups is 1. The lowest BCUT2D eigenvalue weighted by Gasteiger charge is -2.27. The topological polar surface area (TPSA) is 61.4 Å². The molecule has 2 aromatic rings. The predicted octanol–water partition coefficient (Wildman–Crippen LogP) is 5.25. The lowest BCUT2D eigenvalue weighted by atomic mass is 9.87. The van der Waals surface area contributed by atoms with E-state index in [0.717, 1.165) is 24.3 Å². The molecule has 1 aliphatic heterocycles. The van der Waals surface area contributed by atoms with Gasteiger partial charge in [0, 0.05) is 35.8 Å². The maximum atomic E-state index is 12.5. The fourth-order valence-electron chi connectivity index (χ4n) is 4.13. The summed E-state index contributed by atoms with van der Waals surface area (Å²) >= 11 is 1.77. The van der Waals surface area contributed by atoms with Crippen molar-refractivity contribution in [3.8, 4) is 0 Å². The van der Waals surface area contributed by atoms with Crippen LogP contribution in [0, 0.1) is 5.92 Å². The van der Waals surface area contributed by atoms with Gasteiger partial charge >= 0.3 is 6.03 Å². The van der Waals surface area contributed by atoms with E-state index in [0.29, 0.717) is 18.9 Å². The Morgan fingerprint density at radius 1 is 1.00 bits per heavy atom. The Morgan fingerprint density at radius 2 is 1.71 bits per heavy atom. The van der Waals surface area contributed by atoms with E-state index in [-0.39, 0.29) is 11.9 Å². The van der Waals surface area contributed by atoms with Crippen LogP contribution in [0.4, 0.5) is 16.2 Å². The van der Waals surface area contributed by atoms with Gasteiger partial charge in [0.25, 0.3) is 0 Å². The fraction of sp³-hybridized carbons (Fsp3) is 0.455. The Morgan fingerprint density at radius 3 is 2.46 bits per heavy atom. The summed E-state index contributed by atoms with van der Waals surface area (Å²) in [6.45, 7) is 1.41. The minimum Gasteiger partial charge on any atom is -0.326 e. The van der Waals surface area contributed by atoms with Crippen molar-refractivity contribution in [3.63, 3.8) is 0 Å². The van der Waals surface area contributed by atoms with Crippen molar-refractivity contribution in [2.45, 2.75) is 51.5 Å².